The normalized spacial score (nSPS) is 20.5. The number of aliphatic hydroxyl groups is 1. The number of aromatic nitrogens is 3. The lowest BCUT2D eigenvalue weighted by Gasteiger charge is -2.17. The quantitative estimate of drug-likeness (QED) is 0.848. The topological polar surface area (TPSA) is 83.3 Å². The van der Waals surface area contributed by atoms with Gasteiger partial charge >= 0.3 is 6.03 Å². The number of hydrogen-bond donors (Lipinski definition) is 2. The molecule has 2 amide bonds. The van der Waals surface area contributed by atoms with Crippen molar-refractivity contribution in [3.63, 3.8) is 0 Å². The summed E-state index contributed by atoms with van der Waals surface area (Å²) in [6, 6.07) is -0.0684. The molecule has 2 aromatic heterocycles. The number of aryl methyl sites for hydroxylation is 2. The average molecular weight is 349 g/mol. The number of hydrogen-bond acceptors (Lipinski definition) is 5. The van der Waals surface area contributed by atoms with Crippen molar-refractivity contribution in [2.45, 2.75) is 19.3 Å². The highest BCUT2D eigenvalue weighted by Crippen LogP contribution is 2.32. The van der Waals surface area contributed by atoms with E-state index in [1.807, 2.05) is 32.6 Å². The van der Waals surface area contributed by atoms with E-state index in [0.29, 0.717) is 19.6 Å². The van der Waals surface area contributed by atoms with E-state index in [1.165, 1.54) is 4.88 Å². The van der Waals surface area contributed by atoms with E-state index in [9.17, 15) is 9.90 Å². The minimum atomic E-state index is -0.0684. The molecular weight excluding hydrogens is 326 g/mol. The van der Waals surface area contributed by atoms with E-state index < -0.39 is 0 Å². The summed E-state index contributed by atoms with van der Waals surface area (Å²) in [5.41, 5.74) is 1.08. The van der Waals surface area contributed by atoms with Crippen molar-refractivity contribution in [3.05, 3.63) is 34.0 Å². The molecule has 0 unspecified atom stereocenters. The molecule has 2 N–H and O–H groups in total. The highest BCUT2D eigenvalue weighted by atomic mass is 32.1. The third-order valence-electron chi connectivity index (χ3n) is 4.43. The van der Waals surface area contributed by atoms with Crippen LogP contribution in [0.4, 0.5) is 4.79 Å². The van der Waals surface area contributed by atoms with Crippen LogP contribution >= 0.6 is 11.3 Å². The van der Waals surface area contributed by atoms with E-state index in [-0.39, 0.29) is 24.5 Å². The molecule has 1 aliphatic heterocycles. The van der Waals surface area contributed by atoms with Crippen molar-refractivity contribution < 1.29 is 9.90 Å². The number of urea groups is 1. The smallest absolute Gasteiger partial charge is 0.317 e. The van der Waals surface area contributed by atoms with Crippen LogP contribution in [0.2, 0.25) is 0 Å². The van der Waals surface area contributed by atoms with Crippen molar-refractivity contribution in [1.29, 1.82) is 0 Å². The molecule has 0 radical (unpaired) electrons. The van der Waals surface area contributed by atoms with Gasteiger partial charge in [0, 0.05) is 68.8 Å². The Morgan fingerprint density at radius 2 is 2.29 bits per heavy atom. The zero-order chi connectivity index (χ0) is 17.1. The summed E-state index contributed by atoms with van der Waals surface area (Å²) in [5, 5.41) is 17.8. The first-order valence-electron chi connectivity index (χ1n) is 8.10. The highest BCUT2D eigenvalue weighted by Gasteiger charge is 2.36. The van der Waals surface area contributed by atoms with Crippen LogP contribution in [-0.2, 0) is 13.5 Å². The fourth-order valence-corrected chi connectivity index (χ4v) is 3.95. The van der Waals surface area contributed by atoms with Gasteiger partial charge in [-0.2, -0.15) is 5.10 Å². The summed E-state index contributed by atoms with van der Waals surface area (Å²) in [5.74, 6) is 0.197. The summed E-state index contributed by atoms with van der Waals surface area (Å²) in [4.78, 5) is 19.6. The maximum Gasteiger partial charge on any atom is 0.317 e. The standard InChI is InChI=1S/C16H23N5O2S/c1-11-18-6-14(24-11)3-4-17-16(23)21-8-13(10-22)15(9-21)12-5-19-20(2)7-12/h5-7,13,15,22H,3-4,8-10H2,1-2H3,(H,17,23)/t13-,15-/m0/s1. The molecule has 0 saturated carbocycles. The summed E-state index contributed by atoms with van der Waals surface area (Å²) in [6.45, 7) is 3.83. The van der Waals surface area contributed by atoms with E-state index in [2.05, 4.69) is 15.4 Å². The Hall–Kier alpha value is -1.93. The molecule has 8 heteroatoms. The van der Waals surface area contributed by atoms with Gasteiger partial charge in [-0.1, -0.05) is 0 Å². The van der Waals surface area contributed by atoms with Crippen LogP contribution in [0, 0.1) is 12.8 Å². The van der Waals surface area contributed by atoms with Crippen LogP contribution < -0.4 is 5.32 Å². The van der Waals surface area contributed by atoms with Crippen LogP contribution in [0.5, 0.6) is 0 Å². The van der Waals surface area contributed by atoms with Gasteiger partial charge < -0.3 is 15.3 Å². The largest absolute Gasteiger partial charge is 0.396 e. The van der Waals surface area contributed by atoms with Gasteiger partial charge in [0.1, 0.15) is 0 Å². The number of aliphatic hydroxyl groups excluding tert-OH is 1. The second-order valence-corrected chi connectivity index (χ2v) is 7.55. The van der Waals surface area contributed by atoms with Gasteiger partial charge in [-0.05, 0) is 12.5 Å². The van der Waals surface area contributed by atoms with Gasteiger partial charge in [0.15, 0.2) is 0 Å². The zero-order valence-corrected chi connectivity index (χ0v) is 14.8. The lowest BCUT2D eigenvalue weighted by Crippen LogP contribution is -2.39. The molecule has 2 atom stereocenters. The summed E-state index contributed by atoms with van der Waals surface area (Å²) in [7, 11) is 1.87. The molecule has 130 valence electrons. The van der Waals surface area contributed by atoms with Gasteiger partial charge in [-0.15, -0.1) is 11.3 Å². The Bertz CT molecular complexity index is 698. The predicted octanol–water partition coefficient (Wildman–Crippen LogP) is 1.15. The van der Waals surface area contributed by atoms with Crippen LogP contribution in [-0.4, -0.2) is 57.0 Å². The van der Waals surface area contributed by atoms with Crippen molar-refractivity contribution >= 4 is 17.4 Å². The summed E-state index contributed by atoms with van der Waals surface area (Å²) < 4.78 is 1.75. The highest BCUT2D eigenvalue weighted by molar-refractivity contribution is 7.11. The molecule has 1 fully saturated rings. The molecular formula is C16H23N5O2S. The Kier molecular flexibility index (Phi) is 5.15. The Morgan fingerprint density at radius 3 is 2.92 bits per heavy atom. The van der Waals surface area contributed by atoms with E-state index >= 15 is 0 Å². The van der Waals surface area contributed by atoms with Gasteiger partial charge in [0.25, 0.3) is 0 Å². The molecule has 1 aliphatic rings. The van der Waals surface area contributed by atoms with Crippen LogP contribution in [0.1, 0.15) is 21.4 Å². The SMILES string of the molecule is Cc1ncc(CCNC(=O)N2C[C@@H](CO)[C@H](c3cnn(C)c3)C2)s1. The number of likely N-dealkylation sites (tertiary alicyclic amines) is 1. The minimum absolute atomic E-state index is 0.0593. The Labute approximate surface area is 145 Å². The molecule has 2 aromatic rings. The number of thiazole rings is 1. The monoisotopic (exact) mass is 349 g/mol. The first-order valence-corrected chi connectivity index (χ1v) is 8.92. The molecule has 0 spiro atoms. The van der Waals surface area contributed by atoms with Crippen LogP contribution in [0.25, 0.3) is 0 Å². The summed E-state index contributed by atoms with van der Waals surface area (Å²) in [6.07, 6.45) is 6.44. The Balaban J connectivity index is 1.53. The second-order valence-electron chi connectivity index (χ2n) is 6.23. The first kappa shape index (κ1) is 16.9. The van der Waals surface area contributed by atoms with Gasteiger partial charge in [-0.3, -0.25) is 4.68 Å². The van der Waals surface area contributed by atoms with Gasteiger partial charge in [-0.25, -0.2) is 9.78 Å². The number of amides is 2. The molecule has 3 heterocycles. The molecule has 1 saturated heterocycles. The number of nitrogens with zero attached hydrogens (tertiary/aromatic N) is 4. The van der Waals surface area contributed by atoms with Crippen molar-refractivity contribution in [2.75, 3.05) is 26.2 Å². The number of rotatable bonds is 5. The predicted molar refractivity (Wildman–Crippen MR) is 92.1 cm³/mol. The van der Waals surface area contributed by atoms with Crippen LogP contribution in [0.3, 0.4) is 0 Å². The van der Waals surface area contributed by atoms with Gasteiger partial charge in [0.05, 0.1) is 11.2 Å². The molecule has 3 rings (SSSR count). The fraction of sp³-hybridized carbons (Fsp3) is 0.562. The fourth-order valence-electron chi connectivity index (χ4n) is 3.16. The molecule has 0 aromatic carbocycles. The molecule has 0 aliphatic carbocycles. The molecule has 0 bridgehead atoms. The number of nitrogens with one attached hydrogen (secondary N) is 1. The third kappa shape index (κ3) is 3.76. The number of carbonyl (C=O) groups excluding carboxylic acids is 1. The zero-order valence-electron chi connectivity index (χ0n) is 14.0. The number of carbonyl (C=O) groups is 1. The second kappa shape index (κ2) is 7.31. The maximum absolute atomic E-state index is 12.4. The lowest BCUT2D eigenvalue weighted by atomic mass is 9.92. The maximum atomic E-state index is 12.4. The lowest BCUT2D eigenvalue weighted by molar-refractivity contribution is 0.197. The van der Waals surface area contributed by atoms with E-state index in [0.717, 1.165) is 17.0 Å². The first-order chi connectivity index (χ1) is 11.6. The van der Waals surface area contributed by atoms with Crippen molar-refractivity contribution in [1.82, 2.24) is 25.0 Å². The Morgan fingerprint density at radius 1 is 1.46 bits per heavy atom. The minimum Gasteiger partial charge on any atom is -0.396 e. The van der Waals surface area contributed by atoms with E-state index in [1.54, 1.807) is 20.9 Å². The summed E-state index contributed by atoms with van der Waals surface area (Å²) >= 11 is 1.66. The van der Waals surface area contributed by atoms with Gasteiger partial charge in [0.2, 0.25) is 0 Å². The third-order valence-corrected chi connectivity index (χ3v) is 5.41. The molecule has 24 heavy (non-hydrogen) atoms. The average Bonchev–Trinajstić information content (AvgIpc) is 3.26. The van der Waals surface area contributed by atoms with Crippen molar-refractivity contribution in [3.8, 4) is 0 Å². The van der Waals surface area contributed by atoms with Crippen LogP contribution in [0.15, 0.2) is 18.6 Å². The molecule has 7 nitrogen and oxygen atoms in total. The van der Waals surface area contributed by atoms with E-state index in [4.69, 9.17) is 0 Å². The van der Waals surface area contributed by atoms with Crippen molar-refractivity contribution in [2.24, 2.45) is 13.0 Å².